The van der Waals surface area contributed by atoms with E-state index >= 15 is 0 Å². The van der Waals surface area contributed by atoms with Gasteiger partial charge in [-0.15, -0.1) is 10.2 Å². The van der Waals surface area contributed by atoms with Gasteiger partial charge in [-0.25, -0.2) is 0 Å². The van der Waals surface area contributed by atoms with Crippen LogP contribution in [0, 0.1) is 5.92 Å². The summed E-state index contributed by atoms with van der Waals surface area (Å²) in [6.07, 6.45) is 3.59. The first kappa shape index (κ1) is 15.4. The van der Waals surface area contributed by atoms with Crippen molar-refractivity contribution in [2.45, 2.75) is 45.4 Å². The van der Waals surface area contributed by atoms with E-state index in [1.165, 1.54) is 0 Å². The van der Waals surface area contributed by atoms with Gasteiger partial charge in [-0.1, -0.05) is 13.8 Å². The predicted octanol–water partition coefficient (Wildman–Crippen LogP) is 1.08. The number of aliphatic hydroxyl groups is 1. The third-order valence-corrected chi connectivity index (χ3v) is 3.67. The maximum atomic E-state index is 9.93. The monoisotopic (exact) mass is 282 g/mol. The van der Waals surface area contributed by atoms with Crippen LogP contribution >= 0.6 is 0 Å². The molecule has 0 amide bonds. The number of β-amino-alcohol motifs (C(OH)–C–C–N with tert-alkyl or cyclic N) is 1. The van der Waals surface area contributed by atoms with Gasteiger partial charge >= 0.3 is 0 Å². The molecule has 0 aliphatic carbocycles. The average Bonchev–Trinajstić information content (AvgIpc) is 2.97. The van der Waals surface area contributed by atoms with Gasteiger partial charge in [0, 0.05) is 20.2 Å². The normalized spacial score (nSPS) is 21.8. The summed E-state index contributed by atoms with van der Waals surface area (Å²) >= 11 is 0. The lowest BCUT2D eigenvalue weighted by atomic mass is 10.1. The Balaban J connectivity index is 2.05. The molecule has 1 fully saturated rings. The van der Waals surface area contributed by atoms with Gasteiger partial charge in [0.05, 0.1) is 18.8 Å². The Morgan fingerprint density at radius 1 is 1.45 bits per heavy atom. The summed E-state index contributed by atoms with van der Waals surface area (Å²) < 4.78 is 7.16. The maximum absolute atomic E-state index is 9.93. The lowest BCUT2D eigenvalue weighted by Crippen LogP contribution is -2.35. The van der Waals surface area contributed by atoms with Crippen molar-refractivity contribution in [3.63, 3.8) is 0 Å². The quantitative estimate of drug-likeness (QED) is 0.811. The number of ether oxygens (including phenoxy) is 1. The van der Waals surface area contributed by atoms with E-state index in [4.69, 9.17) is 4.74 Å². The summed E-state index contributed by atoms with van der Waals surface area (Å²) in [5.74, 6) is 1.60. The lowest BCUT2D eigenvalue weighted by molar-refractivity contribution is 0.0334. The fraction of sp³-hybridized carbons (Fsp3) is 0.857. The molecule has 1 aliphatic heterocycles. The Labute approximate surface area is 120 Å². The Morgan fingerprint density at radius 3 is 2.95 bits per heavy atom. The van der Waals surface area contributed by atoms with Crippen LogP contribution in [0.5, 0.6) is 0 Å². The summed E-state index contributed by atoms with van der Waals surface area (Å²) in [6, 6.07) is 0.266. The lowest BCUT2D eigenvalue weighted by Gasteiger charge is -2.26. The molecular weight excluding hydrogens is 256 g/mol. The largest absolute Gasteiger partial charge is 0.389 e. The molecule has 0 saturated carbocycles. The van der Waals surface area contributed by atoms with Crippen molar-refractivity contribution in [3.8, 4) is 0 Å². The van der Waals surface area contributed by atoms with Gasteiger partial charge in [-0.05, 0) is 25.3 Å². The van der Waals surface area contributed by atoms with E-state index in [9.17, 15) is 5.11 Å². The number of hydrogen-bond donors (Lipinski definition) is 1. The second-order valence-electron chi connectivity index (χ2n) is 6.00. The van der Waals surface area contributed by atoms with E-state index in [1.54, 1.807) is 7.11 Å². The van der Waals surface area contributed by atoms with Gasteiger partial charge in [0.15, 0.2) is 0 Å². The van der Waals surface area contributed by atoms with E-state index in [1.807, 2.05) is 6.33 Å². The first-order valence-corrected chi connectivity index (χ1v) is 7.40. The van der Waals surface area contributed by atoms with Crippen LogP contribution in [0.3, 0.4) is 0 Å². The van der Waals surface area contributed by atoms with Crippen LogP contribution in [-0.2, 0) is 11.3 Å². The highest BCUT2D eigenvalue weighted by atomic mass is 16.5. The molecule has 114 valence electrons. The summed E-state index contributed by atoms with van der Waals surface area (Å²) in [5.41, 5.74) is 0. The molecule has 2 atom stereocenters. The second-order valence-corrected chi connectivity index (χ2v) is 6.00. The topological polar surface area (TPSA) is 63.4 Å². The number of hydrogen-bond acceptors (Lipinski definition) is 5. The zero-order chi connectivity index (χ0) is 14.5. The number of nitrogens with zero attached hydrogens (tertiary/aromatic N) is 4. The predicted molar refractivity (Wildman–Crippen MR) is 76.3 cm³/mol. The van der Waals surface area contributed by atoms with Crippen molar-refractivity contribution < 1.29 is 9.84 Å². The third-order valence-electron chi connectivity index (χ3n) is 3.67. The molecule has 0 unspecified atom stereocenters. The third kappa shape index (κ3) is 3.77. The SMILES string of the molecule is COC[C@@H](O)CN1CCC[C@H]1c1nncn1CC(C)C. The van der Waals surface area contributed by atoms with Gasteiger partial charge in [-0.3, -0.25) is 4.90 Å². The molecule has 1 aliphatic rings. The molecule has 1 N–H and O–H groups in total. The Bertz CT molecular complexity index is 408. The molecule has 0 aromatic carbocycles. The minimum atomic E-state index is -0.443. The molecular formula is C14H26N4O2. The minimum absolute atomic E-state index is 0.266. The first-order valence-electron chi connectivity index (χ1n) is 7.40. The summed E-state index contributed by atoms with van der Waals surface area (Å²) in [5, 5.41) is 18.3. The zero-order valence-electron chi connectivity index (χ0n) is 12.7. The number of methoxy groups -OCH3 is 1. The van der Waals surface area contributed by atoms with E-state index < -0.39 is 6.10 Å². The molecule has 0 radical (unpaired) electrons. The van der Waals surface area contributed by atoms with Crippen molar-refractivity contribution >= 4 is 0 Å². The standard InChI is InChI=1S/C14H26N4O2/c1-11(2)7-18-10-15-16-14(18)13-5-4-6-17(13)8-12(19)9-20-3/h10-13,19H,4-9H2,1-3H3/t12-,13-/m0/s1. The Morgan fingerprint density at radius 2 is 2.25 bits per heavy atom. The molecule has 0 spiro atoms. The maximum Gasteiger partial charge on any atom is 0.150 e. The molecule has 1 aromatic heterocycles. The van der Waals surface area contributed by atoms with Crippen molar-refractivity contribution in [3.05, 3.63) is 12.2 Å². The minimum Gasteiger partial charge on any atom is -0.389 e. The molecule has 20 heavy (non-hydrogen) atoms. The molecule has 6 heteroatoms. The van der Waals surface area contributed by atoms with Crippen LogP contribution in [0.25, 0.3) is 0 Å². The smallest absolute Gasteiger partial charge is 0.150 e. The van der Waals surface area contributed by atoms with E-state index in [-0.39, 0.29) is 6.04 Å². The van der Waals surface area contributed by atoms with Crippen LogP contribution in [0.2, 0.25) is 0 Å². The van der Waals surface area contributed by atoms with Crippen molar-refractivity contribution in [2.24, 2.45) is 5.92 Å². The fourth-order valence-electron chi connectivity index (χ4n) is 2.91. The summed E-state index contributed by atoms with van der Waals surface area (Å²) in [7, 11) is 1.62. The molecule has 2 heterocycles. The van der Waals surface area contributed by atoms with Crippen LogP contribution in [0.4, 0.5) is 0 Å². The van der Waals surface area contributed by atoms with Crippen LogP contribution in [-0.4, -0.2) is 57.7 Å². The first-order chi connectivity index (χ1) is 9.61. The van der Waals surface area contributed by atoms with Crippen molar-refractivity contribution in [1.29, 1.82) is 0 Å². The average molecular weight is 282 g/mol. The van der Waals surface area contributed by atoms with Gasteiger partial charge in [0.2, 0.25) is 0 Å². The van der Waals surface area contributed by atoms with Gasteiger partial charge < -0.3 is 14.4 Å². The van der Waals surface area contributed by atoms with Crippen LogP contribution in [0.15, 0.2) is 6.33 Å². The molecule has 1 saturated heterocycles. The van der Waals surface area contributed by atoms with Crippen LogP contribution in [0.1, 0.15) is 38.6 Å². The fourth-order valence-corrected chi connectivity index (χ4v) is 2.91. The van der Waals surface area contributed by atoms with Gasteiger partial charge in [-0.2, -0.15) is 0 Å². The van der Waals surface area contributed by atoms with Crippen LogP contribution < -0.4 is 0 Å². The summed E-state index contributed by atoms with van der Waals surface area (Å²) in [4.78, 5) is 2.30. The van der Waals surface area contributed by atoms with Gasteiger partial charge in [0.1, 0.15) is 12.2 Å². The highest BCUT2D eigenvalue weighted by molar-refractivity contribution is 4.99. The number of aromatic nitrogens is 3. The highest BCUT2D eigenvalue weighted by Crippen LogP contribution is 2.30. The summed E-state index contributed by atoms with van der Waals surface area (Å²) in [6.45, 7) is 7.33. The van der Waals surface area contributed by atoms with Crippen molar-refractivity contribution in [2.75, 3.05) is 26.8 Å². The Kier molecular flexibility index (Phi) is 5.51. The van der Waals surface area contributed by atoms with Crippen molar-refractivity contribution in [1.82, 2.24) is 19.7 Å². The van der Waals surface area contributed by atoms with Gasteiger partial charge in [0.25, 0.3) is 0 Å². The zero-order valence-corrected chi connectivity index (χ0v) is 12.7. The van der Waals surface area contributed by atoms with E-state index in [0.29, 0.717) is 19.1 Å². The van der Waals surface area contributed by atoms with E-state index in [2.05, 4.69) is 33.5 Å². The second kappa shape index (κ2) is 7.15. The van der Waals surface area contributed by atoms with E-state index in [0.717, 1.165) is 31.8 Å². The number of rotatable bonds is 7. The number of likely N-dealkylation sites (tertiary alicyclic amines) is 1. The highest BCUT2D eigenvalue weighted by Gasteiger charge is 2.31. The Hall–Kier alpha value is -0.980. The number of aliphatic hydroxyl groups excluding tert-OH is 1. The molecule has 1 aromatic rings. The molecule has 2 rings (SSSR count). The molecule has 6 nitrogen and oxygen atoms in total. The molecule has 0 bridgehead atoms.